The molecule has 8 saturated carbocycles. The summed E-state index contributed by atoms with van der Waals surface area (Å²) in [6.07, 6.45) is 22.6. The van der Waals surface area contributed by atoms with Crippen molar-refractivity contribution in [2.45, 2.75) is 206 Å². The summed E-state index contributed by atoms with van der Waals surface area (Å²) in [6.45, 7) is 16.0. The van der Waals surface area contributed by atoms with E-state index >= 15 is 0 Å². The summed E-state index contributed by atoms with van der Waals surface area (Å²) in [5.74, 6) is 3.63. The van der Waals surface area contributed by atoms with Crippen LogP contribution in [0.4, 0.5) is 0 Å². The third kappa shape index (κ3) is 11.3. The lowest BCUT2D eigenvalue weighted by Crippen LogP contribution is -2.57. The quantitative estimate of drug-likeness (QED) is 0.141. The second-order valence-electron chi connectivity index (χ2n) is 25.9. The van der Waals surface area contributed by atoms with E-state index in [4.69, 9.17) is 18.9 Å². The molecule has 0 saturated heterocycles. The van der Waals surface area contributed by atoms with Gasteiger partial charge < -0.3 is 24.3 Å². The highest BCUT2D eigenvalue weighted by Gasteiger charge is 2.55. The van der Waals surface area contributed by atoms with E-state index in [0.717, 1.165) is 139 Å². The molecule has 1 N–H and O–H groups in total. The molecule has 8 aliphatic rings. The van der Waals surface area contributed by atoms with Gasteiger partial charge in [-0.2, -0.15) is 0 Å². The van der Waals surface area contributed by atoms with Crippen molar-refractivity contribution in [1.82, 2.24) is 10.2 Å². The van der Waals surface area contributed by atoms with Crippen molar-refractivity contribution in [2.24, 2.45) is 33.5 Å². The highest BCUT2D eigenvalue weighted by atomic mass is 16.5. The number of nitrogens with zero attached hydrogens (tertiary/aromatic N) is 1. The number of hydrogen-bond donors (Lipinski definition) is 1. The monoisotopic (exact) mass is 969 g/mol. The second-order valence-corrected chi connectivity index (χ2v) is 25.9. The lowest BCUT2D eigenvalue weighted by Gasteiger charge is -2.55. The van der Waals surface area contributed by atoms with Crippen LogP contribution in [0.15, 0.2) is 72.8 Å². The Labute approximate surface area is 427 Å². The van der Waals surface area contributed by atoms with Gasteiger partial charge >= 0.3 is 11.9 Å². The minimum atomic E-state index is -0.216. The molecule has 386 valence electrons. The van der Waals surface area contributed by atoms with Crippen LogP contribution in [-0.4, -0.2) is 61.4 Å². The Balaban J connectivity index is 0.000000176. The van der Waals surface area contributed by atoms with E-state index in [9.17, 15) is 9.59 Å². The van der Waals surface area contributed by atoms with Gasteiger partial charge in [-0.05, 0) is 227 Å². The third-order valence-corrected chi connectivity index (χ3v) is 19.7. The first-order valence-corrected chi connectivity index (χ1v) is 27.8. The predicted octanol–water partition coefficient (Wildman–Crippen LogP) is 14.7. The molecule has 4 aromatic carbocycles. The van der Waals surface area contributed by atoms with Gasteiger partial charge in [-0.1, -0.05) is 77.9 Å². The van der Waals surface area contributed by atoms with Crippen LogP contribution < -0.4 is 14.8 Å². The number of rotatable bonds is 12. The van der Waals surface area contributed by atoms with Gasteiger partial charge in [-0.15, -0.1) is 0 Å². The molecule has 0 unspecified atom stereocenters. The zero-order valence-electron chi connectivity index (χ0n) is 45.2. The van der Waals surface area contributed by atoms with Crippen LogP contribution in [0, 0.1) is 33.5 Å². The van der Waals surface area contributed by atoms with Crippen LogP contribution in [0.5, 0.6) is 11.5 Å². The summed E-state index contributed by atoms with van der Waals surface area (Å²) in [5, 5.41) is 8.91. The Bertz CT molecular complexity index is 2450. The zero-order valence-corrected chi connectivity index (χ0v) is 45.2. The Morgan fingerprint density at radius 2 is 0.901 bits per heavy atom. The number of methoxy groups -OCH3 is 2. The van der Waals surface area contributed by atoms with E-state index in [2.05, 4.69) is 132 Å². The van der Waals surface area contributed by atoms with Gasteiger partial charge in [0.25, 0.3) is 0 Å². The summed E-state index contributed by atoms with van der Waals surface area (Å²) in [5.41, 5.74) is 3.44. The number of hydrogen-bond acceptors (Lipinski definition) is 8. The molecule has 0 aliphatic heterocycles. The normalized spacial score (nSPS) is 30.7. The van der Waals surface area contributed by atoms with Crippen molar-refractivity contribution < 1.29 is 28.5 Å². The van der Waals surface area contributed by atoms with Gasteiger partial charge in [0.15, 0.2) is 0 Å². The van der Waals surface area contributed by atoms with E-state index in [-0.39, 0.29) is 33.8 Å². The van der Waals surface area contributed by atoms with Gasteiger partial charge in [0.1, 0.15) is 11.5 Å². The molecule has 8 nitrogen and oxygen atoms in total. The zero-order chi connectivity index (χ0) is 50.2. The molecule has 8 fully saturated rings. The van der Waals surface area contributed by atoms with Gasteiger partial charge in [0, 0.05) is 24.2 Å². The Hall–Kier alpha value is -4.14. The van der Waals surface area contributed by atoms with Crippen LogP contribution in [-0.2, 0) is 32.2 Å². The Morgan fingerprint density at radius 1 is 0.521 bits per heavy atom. The van der Waals surface area contributed by atoms with Crippen LogP contribution in [0.3, 0.4) is 0 Å². The summed E-state index contributed by atoms with van der Waals surface area (Å²) >= 11 is 0. The number of ether oxygens (including phenoxy) is 4. The fraction of sp³-hybridized carbons (Fsp3) is 0.651. The first-order valence-electron chi connectivity index (χ1n) is 27.8. The second kappa shape index (κ2) is 20.6. The number of benzene rings is 4. The van der Waals surface area contributed by atoms with Crippen molar-refractivity contribution in [3.8, 4) is 11.5 Å². The minimum Gasteiger partial charge on any atom is -0.490 e. The van der Waals surface area contributed by atoms with Crippen molar-refractivity contribution in [1.29, 1.82) is 0 Å². The number of carbonyl (C=O) groups is 2. The topological polar surface area (TPSA) is 86.3 Å². The smallest absolute Gasteiger partial charge is 0.311 e. The van der Waals surface area contributed by atoms with Crippen LogP contribution in [0.2, 0.25) is 0 Å². The molecule has 0 spiro atoms. The SMILES string of the molecule is COC(=O)C12CCC(N(C)Cc3ccc4cc(OC5CCC(C(C)(C)C)CC5)ccc4c3)(CC1)CC2.COC(=O)C12CCC(NCc3ccc4cc(OC5CCC(C(C)(C)C)CC5)ccc4c3)(CC1)CC2. The summed E-state index contributed by atoms with van der Waals surface area (Å²) in [7, 11) is 5.33. The standard InChI is InChI=1S/C32H45NO3.C31H43NO3/c1-30(2,3)26-9-12-27(13-10-26)36-28-11-8-24-20-23(6-7-25(24)21-28)22-33(4)32-17-14-31(15-18-32,16-19-32)29(34)35-5;1-29(2,3)25-8-11-26(12-9-25)35-27-10-7-23-19-22(5-6-24(23)20-27)21-32-31-16-13-30(14-17-31,15-18-31)28(33)34-4/h6-8,11,20-21,26-27H,9-10,12-19,22H2,1-5H3;5-7,10,19-20,25-26,32H,8-9,11-18,21H2,1-4H3. The van der Waals surface area contributed by atoms with Gasteiger partial charge in [0.05, 0.1) is 37.3 Å². The lowest BCUT2D eigenvalue weighted by atomic mass is 9.56. The maximum absolute atomic E-state index is 12.4. The van der Waals surface area contributed by atoms with Crippen LogP contribution >= 0.6 is 0 Å². The first-order chi connectivity index (χ1) is 33.8. The Kier molecular flexibility index (Phi) is 15.0. The maximum atomic E-state index is 12.4. The van der Waals surface area contributed by atoms with E-state index in [1.165, 1.54) is 72.6 Å². The van der Waals surface area contributed by atoms with Crippen molar-refractivity contribution in [2.75, 3.05) is 21.3 Å². The van der Waals surface area contributed by atoms with Crippen LogP contribution in [0.1, 0.15) is 181 Å². The van der Waals surface area contributed by atoms with E-state index in [0.29, 0.717) is 23.0 Å². The lowest BCUT2D eigenvalue weighted by molar-refractivity contribution is -0.164. The van der Waals surface area contributed by atoms with E-state index in [1.807, 2.05) is 0 Å². The fourth-order valence-corrected chi connectivity index (χ4v) is 14.3. The molecule has 0 atom stereocenters. The highest BCUT2D eigenvalue weighted by molar-refractivity contribution is 5.85. The fourth-order valence-electron chi connectivity index (χ4n) is 14.3. The molecule has 0 heterocycles. The maximum Gasteiger partial charge on any atom is 0.311 e. The first kappa shape index (κ1) is 51.7. The largest absolute Gasteiger partial charge is 0.490 e. The van der Waals surface area contributed by atoms with Gasteiger partial charge in [0.2, 0.25) is 0 Å². The molecule has 8 heteroatoms. The molecule has 4 bridgehead atoms. The molecule has 12 rings (SSSR count). The number of esters is 2. The molecule has 0 aromatic heterocycles. The molecule has 0 amide bonds. The van der Waals surface area contributed by atoms with Gasteiger partial charge in [-0.25, -0.2) is 0 Å². The van der Waals surface area contributed by atoms with Crippen LogP contribution in [0.25, 0.3) is 21.5 Å². The third-order valence-electron chi connectivity index (χ3n) is 19.7. The molecule has 4 aromatic rings. The Morgan fingerprint density at radius 3 is 1.32 bits per heavy atom. The average Bonchev–Trinajstić information content (AvgIpc) is 3.38. The van der Waals surface area contributed by atoms with E-state index in [1.54, 1.807) is 0 Å². The molecular weight excluding hydrogens is 881 g/mol. The average molecular weight is 969 g/mol. The minimum absolute atomic E-state index is 0.00117. The molecule has 0 radical (unpaired) electrons. The summed E-state index contributed by atoms with van der Waals surface area (Å²) in [4.78, 5) is 27.2. The molecule has 8 aliphatic carbocycles. The number of fused-ring (bicyclic) bond motifs is 8. The number of nitrogens with one attached hydrogen (secondary N) is 1. The van der Waals surface area contributed by atoms with Crippen molar-refractivity contribution in [3.63, 3.8) is 0 Å². The van der Waals surface area contributed by atoms with Gasteiger partial charge in [-0.3, -0.25) is 14.5 Å². The van der Waals surface area contributed by atoms with Crippen molar-refractivity contribution in [3.05, 3.63) is 83.9 Å². The molecule has 71 heavy (non-hydrogen) atoms. The number of carbonyl (C=O) groups excluding carboxylic acids is 2. The summed E-state index contributed by atoms with van der Waals surface area (Å²) in [6, 6.07) is 26.8. The van der Waals surface area contributed by atoms with E-state index < -0.39 is 0 Å². The van der Waals surface area contributed by atoms with Crippen molar-refractivity contribution >= 4 is 33.5 Å². The molecular formula is C63H88N2O6. The predicted molar refractivity (Wildman–Crippen MR) is 288 cm³/mol. The summed E-state index contributed by atoms with van der Waals surface area (Å²) < 4.78 is 23.1. The highest BCUT2D eigenvalue weighted by Crippen LogP contribution is 2.56.